The minimum Gasteiger partial charge on any atom is -0.352 e. The van der Waals surface area contributed by atoms with Crippen LogP contribution in [0.4, 0.5) is 0 Å². The summed E-state index contributed by atoms with van der Waals surface area (Å²) in [6.07, 6.45) is 5.10. The summed E-state index contributed by atoms with van der Waals surface area (Å²) in [5.41, 5.74) is 2.24. The average molecular weight is 235 g/mol. The molecule has 0 bridgehead atoms. The van der Waals surface area contributed by atoms with Gasteiger partial charge in [-0.25, -0.2) is 0 Å². The van der Waals surface area contributed by atoms with Crippen LogP contribution in [0.25, 0.3) is 0 Å². The third kappa shape index (κ3) is 2.51. The number of aryl methyl sites for hydroxylation is 1. The molecule has 0 saturated heterocycles. The molecule has 1 saturated carbocycles. The molecule has 1 aromatic heterocycles. The molecule has 94 valence electrons. The fraction of sp³-hybridized carbons (Fsp3) is 0.692. The lowest BCUT2D eigenvalue weighted by Gasteiger charge is -2.25. The first-order valence-electron chi connectivity index (χ1n) is 6.27. The number of hydrogen-bond acceptors (Lipinski definition) is 2. The van der Waals surface area contributed by atoms with Gasteiger partial charge >= 0.3 is 0 Å². The molecule has 4 nitrogen and oxygen atoms in total. The van der Waals surface area contributed by atoms with E-state index in [0.717, 1.165) is 30.5 Å². The standard InChI is InChI=1S/C13H21N3O/c1-9-10(8-15-16-9)7-14-12(17)11-5-4-6-13(11,2)3/h8,11H,4-7H2,1-3H3,(H,14,17)(H,15,16). The van der Waals surface area contributed by atoms with E-state index in [-0.39, 0.29) is 17.2 Å². The zero-order valence-electron chi connectivity index (χ0n) is 10.8. The first-order valence-corrected chi connectivity index (χ1v) is 6.27. The van der Waals surface area contributed by atoms with Crippen molar-refractivity contribution in [2.45, 2.75) is 46.6 Å². The minimum absolute atomic E-state index is 0.148. The fourth-order valence-electron chi connectivity index (χ4n) is 2.67. The third-order valence-electron chi connectivity index (χ3n) is 3.96. The minimum atomic E-state index is 0.148. The molecule has 2 N–H and O–H groups in total. The first-order chi connectivity index (χ1) is 8.00. The second-order valence-corrected chi connectivity index (χ2v) is 5.67. The summed E-state index contributed by atoms with van der Waals surface area (Å²) in [6, 6.07) is 0. The van der Waals surface area contributed by atoms with Crippen LogP contribution in [0.15, 0.2) is 6.20 Å². The summed E-state index contributed by atoms with van der Waals surface area (Å²) in [7, 11) is 0. The Morgan fingerprint density at radius 2 is 2.41 bits per heavy atom. The summed E-state index contributed by atoms with van der Waals surface area (Å²) in [6.45, 7) is 6.92. The molecule has 1 amide bonds. The lowest BCUT2D eigenvalue weighted by atomic mass is 9.81. The smallest absolute Gasteiger partial charge is 0.223 e. The first kappa shape index (κ1) is 12.1. The second kappa shape index (κ2) is 4.51. The van der Waals surface area contributed by atoms with Crippen LogP contribution in [0.2, 0.25) is 0 Å². The maximum absolute atomic E-state index is 12.1. The van der Waals surface area contributed by atoms with Crippen LogP contribution in [0, 0.1) is 18.3 Å². The van der Waals surface area contributed by atoms with E-state index in [2.05, 4.69) is 29.4 Å². The molecule has 1 heterocycles. The molecule has 1 fully saturated rings. The van der Waals surface area contributed by atoms with Crippen molar-refractivity contribution >= 4 is 5.91 Å². The van der Waals surface area contributed by atoms with Crippen molar-refractivity contribution in [2.24, 2.45) is 11.3 Å². The molecule has 1 aliphatic rings. The molecule has 0 aromatic carbocycles. The summed E-state index contributed by atoms with van der Waals surface area (Å²) < 4.78 is 0. The van der Waals surface area contributed by atoms with Crippen LogP contribution in [0.1, 0.15) is 44.4 Å². The number of rotatable bonds is 3. The van der Waals surface area contributed by atoms with E-state index in [1.54, 1.807) is 6.20 Å². The quantitative estimate of drug-likeness (QED) is 0.843. The van der Waals surface area contributed by atoms with E-state index in [9.17, 15) is 4.79 Å². The van der Waals surface area contributed by atoms with Crippen molar-refractivity contribution in [2.75, 3.05) is 0 Å². The number of nitrogens with zero attached hydrogens (tertiary/aromatic N) is 1. The van der Waals surface area contributed by atoms with Crippen molar-refractivity contribution in [3.8, 4) is 0 Å². The van der Waals surface area contributed by atoms with E-state index >= 15 is 0 Å². The molecule has 17 heavy (non-hydrogen) atoms. The van der Waals surface area contributed by atoms with Gasteiger partial charge < -0.3 is 5.32 Å². The number of carbonyl (C=O) groups excluding carboxylic acids is 1. The fourth-order valence-corrected chi connectivity index (χ4v) is 2.67. The summed E-state index contributed by atoms with van der Waals surface area (Å²) in [5, 5.41) is 9.85. The Morgan fingerprint density at radius 1 is 1.65 bits per heavy atom. The van der Waals surface area contributed by atoms with Crippen LogP contribution in [0.3, 0.4) is 0 Å². The highest BCUT2D eigenvalue weighted by molar-refractivity contribution is 5.79. The highest BCUT2D eigenvalue weighted by Crippen LogP contribution is 2.42. The Kier molecular flexibility index (Phi) is 3.22. The van der Waals surface area contributed by atoms with Gasteiger partial charge in [-0.3, -0.25) is 9.89 Å². The molecule has 1 unspecified atom stereocenters. The predicted octanol–water partition coefficient (Wildman–Crippen LogP) is 2.16. The average Bonchev–Trinajstić information content (AvgIpc) is 2.81. The number of aromatic nitrogens is 2. The number of nitrogens with one attached hydrogen (secondary N) is 2. The number of carbonyl (C=O) groups is 1. The highest BCUT2D eigenvalue weighted by atomic mass is 16.1. The van der Waals surface area contributed by atoms with Crippen molar-refractivity contribution in [1.29, 1.82) is 0 Å². The van der Waals surface area contributed by atoms with Crippen molar-refractivity contribution in [1.82, 2.24) is 15.5 Å². The van der Waals surface area contributed by atoms with Gasteiger partial charge in [0.05, 0.1) is 6.20 Å². The maximum atomic E-state index is 12.1. The van der Waals surface area contributed by atoms with Crippen LogP contribution < -0.4 is 5.32 Å². The number of aromatic amines is 1. The summed E-state index contributed by atoms with van der Waals surface area (Å²) in [4.78, 5) is 12.1. The van der Waals surface area contributed by atoms with Gasteiger partial charge in [0, 0.05) is 23.7 Å². The van der Waals surface area contributed by atoms with Crippen molar-refractivity contribution in [3.63, 3.8) is 0 Å². The van der Waals surface area contributed by atoms with Gasteiger partial charge in [0.2, 0.25) is 5.91 Å². The lowest BCUT2D eigenvalue weighted by molar-refractivity contribution is -0.127. The van der Waals surface area contributed by atoms with Gasteiger partial charge in [0.25, 0.3) is 0 Å². The molecule has 0 spiro atoms. The van der Waals surface area contributed by atoms with Crippen LogP contribution in [-0.2, 0) is 11.3 Å². The highest BCUT2D eigenvalue weighted by Gasteiger charge is 2.39. The largest absolute Gasteiger partial charge is 0.352 e. The molecule has 1 aliphatic carbocycles. The Bertz CT molecular complexity index is 409. The zero-order valence-corrected chi connectivity index (χ0v) is 10.8. The van der Waals surface area contributed by atoms with Gasteiger partial charge in [-0.1, -0.05) is 20.3 Å². The summed E-state index contributed by atoms with van der Waals surface area (Å²) >= 11 is 0. The molecular formula is C13H21N3O. The van der Waals surface area contributed by atoms with Gasteiger partial charge in [0.15, 0.2) is 0 Å². The van der Waals surface area contributed by atoms with E-state index in [0.29, 0.717) is 6.54 Å². The number of amides is 1. The third-order valence-corrected chi connectivity index (χ3v) is 3.96. The predicted molar refractivity (Wildman–Crippen MR) is 66.3 cm³/mol. The number of H-pyrrole nitrogens is 1. The Morgan fingerprint density at radius 3 is 2.94 bits per heavy atom. The molecule has 0 radical (unpaired) electrons. The van der Waals surface area contributed by atoms with Crippen LogP contribution in [-0.4, -0.2) is 16.1 Å². The Hall–Kier alpha value is -1.32. The van der Waals surface area contributed by atoms with Gasteiger partial charge in [-0.2, -0.15) is 5.10 Å². The SMILES string of the molecule is Cc1[nH]ncc1CNC(=O)C1CCCC1(C)C. The van der Waals surface area contributed by atoms with Gasteiger partial charge in [0.1, 0.15) is 0 Å². The molecule has 4 heteroatoms. The van der Waals surface area contributed by atoms with E-state index in [1.165, 1.54) is 0 Å². The maximum Gasteiger partial charge on any atom is 0.223 e. The van der Waals surface area contributed by atoms with Crippen molar-refractivity contribution < 1.29 is 4.79 Å². The normalized spacial score (nSPS) is 22.6. The Labute approximate surface area is 102 Å². The van der Waals surface area contributed by atoms with E-state index in [1.807, 2.05) is 6.92 Å². The van der Waals surface area contributed by atoms with Gasteiger partial charge in [-0.05, 0) is 25.2 Å². The lowest BCUT2D eigenvalue weighted by Crippen LogP contribution is -2.35. The molecule has 1 aromatic rings. The Balaban J connectivity index is 1.92. The second-order valence-electron chi connectivity index (χ2n) is 5.67. The van der Waals surface area contributed by atoms with Crippen molar-refractivity contribution in [3.05, 3.63) is 17.5 Å². The monoisotopic (exact) mass is 235 g/mol. The van der Waals surface area contributed by atoms with E-state index in [4.69, 9.17) is 0 Å². The molecule has 2 rings (SSSR count). The van der Waals surface area contributed by atoms with E-state index < -0.39 is 0 Å². The topological polar surface area (TPSA) is 57.8 Å². The number of hydrogen-bond donors (Lipinski definition) is 2. The summed E-state index contributed by atoms with van der Waals surface area (Å²) in [5.74, 6) is 0.350. The molecular weight excluding hydrogens is 214 g/mol. The zero-order chi connectivity index (χ0) is 12.5. The molecule has 1 atom stereocenters. The molecule has 0 aliphatic heterocycles. The van der Waals surface area contributed by atoms with Crippen LogP contribution >= 0.6 is 0 Å². The van der Waals surface area contributed by atoms with Crippen LogP contribution in [0.5, 0.6) is 0 Å². The van der Waals surface area contributed by atoms with Gasteiger partial charge in [-0.15, -0.1) is 0 Å².